The van der Waals surface area contributed by atoms with E-state index in [9.17, 15) is 9.59 Å². The Hall–Kier alpha value is -2.71. The number of likely N-dealkylation sites (tertiary alicyclic amines) is 1. The molecule has 2 fully saturated rings. The van der Waals surface area contributed by atoms with Crippen LogP contribution < -0.4 is 0 Å². The number of nitrogens with zero attached hydrogens (tertiary/aromatic N) is 6. The van der Waals surface area contributed by atoms with Gasteiger partial charge in [-0.05, 0) is 32.6 Å². The molecule has 5 rings (SSSR count). The molecule has 148 valence electrons. The Morgan fingerprint density at radius 3 is 2.71 bits per heavy atom. The van der Waals surface area contributed by atoms with Gasteiger partial charge in [-0.1, -0.05) is 0 Å². The lowest BCUT2D eigenvalue weighted by atomic mass is 9.78. The van der Waals surface area contributed by atoms with Crippen molar-refractivity contribution in [2.75, 3.05) is 19.6 Å². The van der Waals surface area contributed by atoms with Crippen LogP contribution in [0.2, 0.25) is 0 Å². The molecule has 1 saturated heterocycles. The van der Waals surface area contributed by atoms with Crippen LogP contribution in [0.25, 0.3) is 0 Å². The van der Waals surface area contributed by atoms with Crippen molar-refractivity contribution in [2.45, 2.75) is 50.6 Å². The van der Waals surface area contributed by atoms with Gasteiger partial charge in [-0.3, -0.25) is 9.59 Å². The summed E-state index contributed by atoms with van der Waals surface area (Å²) in [5.74, 6) is 0.493. The van der Waals surface area contributed by atoms with E-state index in [1.54, 1.807) is 17.3 Å². The van der Waals surface area contributed by atoms with E-state index in [0.717, 1.165) is 50.0 Å². The molecule has 1 aliphatic carbocycles. The lowest BCUT2D eigenvalue weighted by Gasteiger charge is -2.50. The molecule has 0 bridgehead atoms. The van der Waals surface area contributed by atoms with Crippen LogP contribution in [-0.4, -0.2) is 66.0 Å². The summed E-state index contributed by atoms with van der Waals surface area (Å²) in [5.41, 5.74) is 1.75. The molecule has 28 heavy (non-hydrogen) atoms. The second-order valence-corrected chi connectivity index (χ2v) is 8.15. The highest BCUT2D eigenvalue weighted by Gasteiger charge is 2.51. The van der Waals surface area contributed by atoms with Crippen LogP contribution in [-0.2, 0) is 21.5 Å². The normalized spacial score (nSPS) is 22.2. The quantitative estimate of drug-likeness (QED) is 0.848. The van der Waals surface area contributed by atoms with Crippen molar-refractivity contribution in [1.82, 2.24) is 34.5 Å². The number of rotatable bonds is 3. The highest BCUT2D eigenvalue weighted by molar-refractivity contribution is 5.83. The number of carbonyl (C=O) groups is 2. The van der Waals surface area contributed by atoms with Crippen molar-refractivity contribution in [1.29, 1.82) is 0 Å². The maximum atomic E-state index is 13.0. The molecule has 2 amide bonds. The molecule has 0 radical (unpaired) electrons. The lowest BCUT2D eigenvalue weighted by Crippen LogP contribution is -2.59. The fraction of sp³-hybridized carbons (Fsp3) is 0.632. The van der Waals surface area contributed by atoms with E-state index in [-0.39, 0.29) is 29.3 Å². The van der Waals surface area contributed by atoms with Crippen molar-refractivity contribution in [3.05, 3.63) is 30.4 Å². The lowest BCUT2D eigenvalue weighted by molar-refractivity contribution is -0.146. The number of carbonyl (C=O) groups excluding carboxylic acids is 2. The zero-order valence-electron chi connectivity index (χ0n) is 16.0. The predicted octanol–water partition coefficient (Wildman–Crippen LogP) is 0.875. The van der Waals surface area contributed by atoms with Crippen molar-refractivity contribution in [3.8, 4) is 0 Å². The number of amides is 2. The van der Waals surface area contributed by atoms with E-state index in [0.29, 0.717) is 13.1 Å². The van der Waals surface area contributed by atoms with Crippen molar-refractivity contribution < 1.29 is 9.59 Å². The largest absolute Gasteiger partial charge is 0.348 e. The third kappa shape index (κ3) is 2.63. The van der Waals surface area contributed by atoms with Gasteiger partial charge in [0.1, 0.15) is 18.7 Å². The topological polar surface area (TPSA) is 100 Å². The van der Waals surface area contributed by atoms with Gasteiger partial charge in [-0.15, -0.1) is 0 Å². The Bertz CT molecular complexity index is 878. The Morgan fingerprint density at radius 2 is 2.04 bits per heavy atom. The molecule has 4 heterocycles. The molecule has 2 aliphatic heterocycles. The van der Waals surface area contributed by atoms with Crippen LogP contribution in [0.5, 0.6) is 0 Å². The van der Waals surface area contributed by atoms with Gasteiger partial charge in [0.15, 0.2) is 0 Å². The molecule has 1 N–H and O–H groups in total. The number of aromatic nitrogens is 5. The van der Waals surface area contributed by atoms with E-state index in [1.165, 1.54) is 6.33 Å². The van der Waals surface area contributed by atoms with Crippen molar-refractivity contribution in [2.24, 2.45) is 5.92 Å². The van der Waals surface area contributed by atoms with Crippen LogP contribution in [0, 0.1) is 5.92 Å². The highest BCUT2D eigenvalue weighted by atomic mass is 16.2. The summed E-state index contributed by atoms with van der Waals surface area (Å²) in [6, 6.07) is -0.381. The fourth-order valence-corrected chi connectivity index (χ4v) is 4.75. The molecule has 0 unspecified atom stereocenters. The second-order valence-electron chi connectivity index (χ2n) is 8.15. The maximum absolute atomic E-state index is 13.0. The Morgan fingerprint density at radius 1 is 1.25 bits per heavy atom. The first-order valence-electron chi connectivity index (χ1n) is 10.1. The van der Waals surface area contributed by atoms with E-state index in [2.05, 4.69) is 25.0 Å². The number of hydrogen-bond acceptors (Lipinski definition) is 5. The summed E-state index contributed by atoms with van der Waals surface area (Å²) < 4.78 is 1.59. The van der Waals surface area contributed by atoms with Gasteiger partial charge < -0.3 is 14.8 Å². The number of imidazole rings is 1. The minimum absolute atomic E-state index is 0.0403. The van der Waals surface area contributed by atoms with Gasteiger partial charge in [0, 0.05) is 37.7 Å². The van der Waals surface area contributed by atoms with Gasteiger partial charge in [-0.25, -0.2) is 14.6 Å². The average Bonchev–Trinajstić information content (AvgIpc) is 3.20. The van der Waals surface area contributed by atoms with Crippen LogP contribution in [0.1, 0.15) is 50.0 Å². The van der Waals surface area contributed by atoms with E-state index >= 15 is 0 Å². The van der Waals surface area contributed by atoms with Crippen molar-refractivity contribution >= 4 is 11.8 Å². The SMILES string of the molecule is C[C@@H](C(=O)N1CCC2(CC1)c1nc[nH]c1CCN2C(=O)C1CC1)n1cncn1. The van der Waals surface area contributed by atoms with Gasteiger partial charge in [0.2, 0.25) is 11.8 Å². The number of hydrogen-bond donors (Lipinski definition) is 1. The summed E-state index contributed by atoms with van der Waals surface area (Å²) in [7, 11) is 0. The Kier molecular flexibility index (Phi) is 3.99. The summed E-state index contributed by atoms with van der Waals surface area (Å²) in [4.78, 5) is 41.7. The molecule has 2 aromatic heterocycles. The van der Waals surface area contributed by atoms with Crippen LogP contribution in [0.15, 0.2) is 19.0 Å². The Balaban J connectivity index is 1.38. The van der Waals surface area contributed by atoms with Crippen molar-refractivity contribution in [3.63, 3.8) is 0 Å². The van der Waals surface area contributed by atoms with Crippen LogP contribution in [0.4, 0.5) is 0 Å². The highest BCUT2D eigenvalue weighted by Crippen LogP contribution is 2.45. The number of fused-ring (bicyclic) bond motifs is 2. The molecular formula is C19H25N7O2. The fourth-order valence-electron chi connectivity index (χ4n) is 4.75. The third-order valence-corrected chi connectivity index (χ3v) is 6.55. The summed E-state index contributed by atoms with van der Waals surface area (Å²) in [6.07, 6.45) is 9.01. The third-order valence-electron chi connectivity index (χ3n) is 6.55. The monoisotopic (exact) mass is 383 g/mol. The molecular weight excluding hydrogens is 358 g/mol. The first-order chi connectivity index (χ1) is 13.6. The summed E-state index contributed by atoms with van der Waals surface area (Å²) in [5, 5.41) is 4.09. The second kappa shape index (κ2) is 6.42. The Labute approximate surface area is 163 Å². The van der Waals surface area contributed by atoms with Crippen LogP contribution >= 0.6 is 0 Å². The van der Waals surface area contributed by atoms with Gasteiger partial charge >= 0.3 is 0 Å². The maximum Gasteiger partial charge on any atom is 0.247 e. The minimum atomic E-state index is -0.388. The van der Waals surface area contributed by atoms with Gasteiger partial charge in [0.25, 0.3) is 0 Å². The summed E-state index contributed by atoms with van der Waals surface area (Å²) >= 11 is 0. The van der Waals surface area contributed by atoms with E-state index in [4.69, 9.17) is 0 Å². The molecule has 1 saturated carbocycles. The molecule has 0 aromatic carbocycles. The van der Waals surface area contributed by atoms with E-state index < -0.39 is 0 Å². The zero-order chi connectivity index (χ0) is 19.3. The predicted molar refractivity (Wildman–Crippen MR) is 99.0 cm³/mol. The molecule has 3 aliphatic rings. The zero-order valence-corrected chi connectivity index (χ0v) is 16.0. The first kappa shape index (κ1) is 17.4. The first-order valence-corrected chi connectivity index (χ1v) is 10.1. The molecule has 9 nitrogen and oxygen atoms in total. The number of piperidine rings is 1. The molecule has 2 aromatic rings. The number of H-pyrrole nitrogens is 1. The van der Waals surface area contributed by atoms with Gasteiger partial charge in [0.05, 0.1) is 17.6 Å². The molecule has 1 spiro atoms. The average molecular weight is 383 g/mol. The number of nitrogens with one attached hydrogen (secondary N) is 1. The van der Waals surface area contributed by atoms with Gasteiger partial charge in [-0.2, -0.15) is 5.10 Å². The standard InChI is InChI=1S/C19H25N7O2/c1-13(26-12-20-10-23-26)17(27)24-8-5-19(6-9-24)16-15(21-11-22-16)4-7-25(19)18(28)14-2-3-14/h10-14H,2-9H2,1H3,(H,21,22)/t13-/m0/s1. The van der Waals surface area contributed by atoms with Crippen LogP contribution in [0.3, 0.4) is 0 Å². The molecule has 1 atom stereocenters. The number of aromatic amines is 1. The molecule has 9 heteroatoms. The van der Waals surface area contributed by atoms with E-state index in [1.807, 2.05) is 11.8 Å². The smallest absolute Gasteiger partial charge is 0.247 e. The minimum Gasteiger partial charge on any atom is -0.348 e. The summed E-state index contributed by atoms with van der Waals surface area (Å²) in [6.45, 7) is 3.79.